The van der Waals surface area contributed by atoms with E-state index >= 15 is 0 Å². The molecule has 0 radical (unpaired) electrons. The van der Waals surface area contributed by atoms with Crippen molar-refractivity contribution in [1.82, 2.24) is 15.3 Å². The number of aliphatic carboxylic acids is 1. The first-order chi connectivity index (χ1) is 8.95. The Labute approximate surface area is 106 Å². The molecule has 4 N–H and O–H groups in total. The molecule has 8 nitrogen and oxygen atoms in total. The van der Waals surface area contributed by atoms with E-state index in [1.54, 1.807) is 0 Å². The predicted octanol–water partition coefficient (Wildman–Crippen LogP) is -0.954. The van der Waals surface area contributed by atoms with Crippen LogP contribution in [0, 0.1) is 5.92 Å². The van der Waals surface area contributed by atoms with E-state index in [4.69, 9.17) is 5.11 Å². The van der Waals surface area contributed by atoms with Crippen LogP contribution in [0.1, 0.15) is 29.8 Å². The van der Waals surface area contributed by atoms with Crippen molar-refractivity contribution < 1.29 is 14.7 Å². The number of amides is 1. The van der Waals surface area contributed by atoms with E-state index in [1.165, 1.54) is 0 Å². The molecule has 2 atom stereocenters. The summed E-state index contributed by atoms with van der Waals surface area (Å²) in [4.78, 5) is 48.8. The summed E-state index contributed by atoms with van der Waals surface area (Å²) in [5, 5.41) is 11.5. The van der Waals surface area contributed by atoms with Gasteiger partial charge in [-0.2, -0.15) is 0 Å². The minimum Gasteiger partial charge on any atom is -0.481 e. The molecule has 19 heavy (non-hydrogen) atoms. The van der Waals surface area contributed by atoms with E-state index in [2.05, 4.69) is 10.3 Å². The van der Waals surface area contributed by atoms with Gasteiger partial charge in [0.15, 0.2) is 0 Å². The first kappa shape index (κ1) is 13.1. The van der Waals surface area contributed by atoms with Gasteiger partial charge in [-0.1, -0.05) is 0 Å². The normalized spacial score (nSPS) is 22.1. The zero-order valence-corrected chi connectivity index (χ0v) is 9.93. The van der Waals surface area contributed by atoms with Gasteiger partial charge in [0.25, 0.3) is 11.5 Å². The van der Waals surface area contributed by atoms with Crippen molar-refractivity contribution in [3.05, 3.63) is 32.6 Å². The number of carboxylic acid groups (broad SMARTS) is 1. The molecule has 1 heterocycles. The third-order valence-corrected chi connectivity index (χ3v) is 3.12. The molecule has 0 aromatic carbocycles. The molecule has 1 aliphatic rings. The van der Waals surface area contributed by atoms with Gasteiger partial charge in [0.05, 0.1) is 5.92 Å². The molecule has 0 aliphatic heterocycles. The van der Waals surface area contributed by atoms with Crippen LogP contribution in [0.3, 0.4) is 0 Å². The maximum absolute atomic E-state index is 11.8. The Morgan fingerprint density at radius 1 is 1.26 bits per heavy atom. The lowest BCUT2D eigenvalue weighted by Crippen LogP contribution is -2.36. The molecule has 1 aliphatic carbocycles. The van der Waals surface area contributed by atoms with Crippen molar-refractivity contribution in [3.63, 3.8) is 0 Å². The Morgan fingerprint density at radius 3 is 2.58 bits per heavy atom. The van der Waals surface area contributed by atoms with E-state index in [0.29, 0.717) is 19.3 Å². The molecule has 0 saturated heterocycles. The molecule has 1 aromatic rings. The number of carbonyl (C=O) groups excluding carboxylic acids is 1. The monoisotopic (exact) mass is 267 g/mol. The molecule has 0 unspecified atom stereocenters. The molecule has 0 bridgehead atoms. The van der Waals surface area contributed by atoms with Crippen LogP contribution in [-0.4, -0.2) is 33.0 Å². The zero-order valence-electron chi connectivity index (χ0n) is 9.93. The summed E-state index contributed by atoms with van der Waals surface area (Å²) in [6, 6.07) is 0.733. The first-order valence-corrected chi connectivity index (χ1v) is 5.83. The lowest BCUT2D eigenvalue weighted by molar-refractivity contribution is -0.141. The number of hydrogen-bond acceptors (Lipinski definition) is 4. The number of nitrogens with one attached hydrogen (secondary N) is 3. The Hall–Kier alpha value is -2.38. The summed E-state index contributed by atoms with van der Waals surface area (Å²) in [6.07, 6.45) is 1.43. The van der Waals surface area contributed by atoms with Gasteiger partial charge < -0.3 is 15.4 Å². The largest absolute Gasteiger partial charge is 0.481 e. The van der Waals surface area contributed by atoms with Crippen LogP contribution in [0.25, 0.3) is 0 Å². The molecule has 0 spiro atoms. The summed E-state index contributed by atoms with van der Waals surface area (Å²) in [7, 11) is 0. The summed E-state index contributed by atoms with van der Waals surface area (Å²) in [5.74, 6) is -1.91. The smallest absolute Gasteiger partial charge is 0.326 e. The standard InChI is InChI=1S/C11H13N3O5/c15-8-4-7(13-11(19)14-8)9(16)12-6-2-1-5(3-6)10(17)18/h4-6H,1-3H2,(H,12,16)(H,17,18)(H2,13,14,15,19)/t5-,6+/m1/s1. The fourth-order valence-electron chi connectivity index (χ4n) is 2.19. The van der Waals surface area contributed by atoms with Crippen LogP contribution >= 0.6 is 0 Å². The molecule has 2 rings (SSSR count). The number of carboxylic acids is 1. The third kappa shape index (κ3) is 3.09. The lowest BCUT2D eigenvalue weighted by Gasteiger charge is -2.11. The Morgan fingerprint density at radius 2 is 2.00 bits per heavy atom. The minimum atomic E-state index is -0.874. The fraction of sp³-hybridized carbons (Fsp3) is 0.455. The minimum absolute atomic E-state index is 0.132. The van der Waals surface area contributed by atoms with Gasteiger partial charge in [0, 0.05) is 12.1 Å². The van der Waals surface area contributed by atoms with Crippen LogP contribution in [0.4, 0.5) is 0 Å². The van der Waals surface area contributed by atoms with E-state index in [1.807, 2.05) is 4.98 Å². The molecular formula is C11H13N3O5. The van der Waals surface area contributed by atoms with E-state index in [0.717, 1.165) is 6.07 Å². The molecule has 102 valence electrons. The Kier molecular flexibility index (Phi) is 3.50. The Bertz CT molecular complexity index is 589. The van der Waals surface area contributed by atoms with Crippen LogP contribution in [0.15, 0.2) is 15.7 Å². The quantitative estimate of drug-likeness (QED) is 0.560. The highest BCUT2D eigenvalue weighted by Gasteiger charge is 2.30. The molecule has 1 aromatic heterocycles. The molecule has 1 fully saturated rings. The maximum Gasteiger partial charge on any atom is 0.326 e. The predicted molar refractivity (Wildman–Crippen MR) is 63.9 cm³/mol. The van der Waals surface area contributed by atoms with Crippen molar-refractivity contribution in [2.24, 2.45) is 5.92 Å². The van der Waals surface area contributed by atoms with Crippen molar-refractivity contribution in [2.45, 2.75) is 25.3 Å². The summed E-state index contributed by atoms with van der Waals surface area (Å²) >= 11 is 0. The highest BCUT2D eigenvalue weighted by atomic mass is 16.4. The second-order valence-electron chi connectivity index (χ2n) is 4.52. The van der Waals surface area contributed by atoms with Crippen LogP contribution < -0.4 is 16.6 Å². The van der Waals surface area contributed by atoms with Gasteiger partial charge in [0.2, 0.25) is 0 Å². The number of rotatable bonds is 3. The van der Waals surface area contributed by atoms with E-state index in [-0.39, 0.29) is 11.7 Å². The third-order valence-electron chi connectivity index (χ3n) is 3.12. The average Bonchev–Trinajstić information content (AvgIpc) is 2.76. The van der Waals surface area contributed by atoms with E-state index in [9.17, 15) is 19.2 Å². The van der Waals surface area contributed by atoms with Gasteiger partial charge in [0.1, 0.15) is 5.69 Å². The Balaban J connectivity index is 2.04. The second-order valence-corrected chi connectivity index (χ2v) is 4.52. The zero-order chi connectivity index (χ0) is 14.0. The van der Waals surface area contributed by atoms with Gasteiger partial charge in [-0.3, -0.25) is 19.4 Å². The second kappa shape index (κ2) is 5.09. The van der Waals surface area contributed by atoms with Crippen molar-refractivity contribution in [2.75, 3.05) is 0 Å². The van der Waals surface area contributed by atoms with Crippen LogP contribution in [0.2, 0.25) is 0 Å². The summed E-state index contributed by atoms with van der Waals surface area (Å²) in [5.41, 5.74) is -1.55. The van der Waals surface area contributed by atoms with Gasteiger partial charge in [-0.05, 0) is 19.3 Å². The number of aromatic nitrogens is 2. The molecule has 8 heteroatoms. The number of H-pyrrole nitrogens is 2. The summed E-state index contributed by atoms with van der Waals surface area (Å²) in [6.45, 7) is 0. The van der Waals surface area contributed by atoms with E-state index < -0.39 is 29.0 Å². The highest BCUT2D eigenvalue weighted by molar-refractivity contribution is 5.92. The molecule has 1 saturated carbocycles. The first-order valence-electron chi connectivity index (χ1n) is 5.83. The van der Waals surface area contributed by atoms with Crippen molar-refractivity contribution in [3.8, 4) is 0 Å². The SMILES string of the molecule is O=C(N[C@H]1CC[C@@H](C(=O)O)C1)c1cc(=O)[nH]c(=O)[nH]1. The summed E-state index contributed by atoms with van der Waals surface area (Å²) < 4.78 is 0. The van der Waals surface area contributed by atoms with Gasteiger partial charge >= 0.3 is 11.7 Å². The van der Waals surface area contributed by atoms with Crippen LogP contribution in [-0.2, 0) is 4.79 Å². The number of carbonyl (C=O) groups is 2. The molecular weight excluding hydrogens is 254 g/mol. The lowest BCUT2D eigenvalue weighted by atomic mass is 10.1. The maximum atomic E-state index is 11.8. The topological polar surface area (TPSA) is 132 Å². The average molecular weight is 267 g/mol. The van der Waals surface area contributed by atoms with Crippen molar-refractivity contribution >= 4 is 11.9 Å². The number of aromatic amines is 2. The van der Waals surface area contributed by atoms with Crippen molar-refractivity contribution in [1.29, 1.82) is 0 Å². The number of hydrogen-bond donors (Lipinski definition) is 4. The van der Waals surface area contributed by atoms with Crippen LogP contribution in [0.5, 0.6) is 0 Å². The highest BCUT2D eigenvalue weighted by Crippen LogP contribution is 2.25. The molecule has 1 amide bonds. The van der Waals surface area contributed by atoms with Gasteiger partial charge in [-0.15, -0.1) is 0 Å². The fourth-order valence-corrected chi connectivity index (χ4v) is 2.19. The van der Waals surface area contributed by atoms with Gasteiger partial charge in [-0.25, -0.2) is 4.79 Å².